The topological polar surface area (TPSA) is 0 Å². The van der Waals surface area contributed by atoms with Crippen LogP contribution in [0.2, 0.25) is 0 Å². The zero-order valence-electron chi connectivity index (χ0n) is 13.0. The molecule has 1 aliphatic carbocycles. The van der Waals surface area contributed by atoms with E-state index in [0.717, 1.165) is 16.3 Å². The molecule has 1 fully saturated rings. The van der Waals surface area contributed by atoms with Crippen LogP contribution in [-0.2, 0) is 0 Å². The van der Waals surface area contributed by atoms with Gasteiger partial charge in [0.15, 0.2) is 0 Å². The molecule has 1 aliphatic rings. The fourth-order valence-electron chi connectivity index (χ4n) is 3.14. The molecule has 0 heterocycles. The van der Waals surface area contributed by atoms with Crippen molar-refractivity contribution < 1.29 is 4.48 Å². The maximum Gasteiger partial charge on any atom is 0.104 e. The number of quaternary nitrogens is 1. The molecule has 0 saturated heterocycles. The first-order valence-corrected chi connectivity index (χ1v) is 7.09. The van der Waals surface area contributed by atoms with Gasteiger partial charge in [-0.1, -0.05) is 26.8 Å². The monoisotopic (exact) mass is 238 g/mol. The summed E-state index contributed by atoms with van der Waals surface area (Å²) in [6.45, 7) is 9.57. The van der Waals surface area contributed by atoms with Crippen molar-refractivity contribution in [2.24, 2.45) is 17.3 Å². The molecule has 17 heavy (non-hydrogen) atoms. The van der Waals surface area contributed by atoms with Crippen molar-refractivity contribution in [1.29, 1.82) is 0 Å². The molecular formula is C16H32N+. The average molecular weight is 238 g/mol. The third-order valence-electron chi connectivity index (χ3n) is 4.30. The van der Waals surface area contributed by atoms with Gasteiger partial charge < -0.3 is 4.48 Å². The first kappa shape index (κ1) is 14.8. The minimum absolute atomic E-state index is 0.534. The second-order valence-electron chi connectivity index (χ2n) is 7.92. The average Bonchev–Trinajstić information content (AvgIpc) is 2.09. The van der Waals surface area contributed by atoms with Crippen LogP contribution in [0, 0.1) is 17.3 Å². The third kappa shape index (κ3) is 4.83. The maximum absolute atomic E-state index is 2.49. The fraction of sp³-hybridized carbons (Fsp3) is 0.875. The van der Waals surface area contributed by atoms with E-state index >= 15 is 0 Å². The predicted molar refractivity (Wildman–Crippen MR) is 76.9 cm³/mol. The number of nitrogens with zero attached hydrogens (tertiary/aromatic N) is 1. The van der Waals surface area contributed by atoms with Crippen LogP contribution in [0.25, 0.3) is 0 Å². The van der Waals surface area contributed by atoms with Crippen LogP contribution < -0.4 is 0 Å². The highest BCUT2D eigenvalue weighted by molar-refractivity contribution is 4.97. The molecule has 0 radical (unpaired) electrons. The van der Waals surface area contributed by atoms with E-state index in [0.29, 0.717) is 11.5 Å². The van der Waals surface area contributed by atoms with Gasteiger partial charge in [0.05, 0.1) is 21.1 Å². The van der Waals surface area contributed by atoms with Crippen molar-refractivity contribution in [3.63, 3.8) is 0 Å². The lowest BCUT2D eigenvalue weighted by Crippen LogP contribution is -2.42. The first-order valence-electron chi connectivity index (χ1n) is 7.09. The molecule has 3 atom stereocenters. The molecule has 1 saturated carbocycles. The Labute approximate surface area is 108 Å². The largest absolute Gasteiger partial charge is 0.325 e. The van der Waals surface area contributed by atoms with Crippen LogP contribution in [0.5, 0.6) is 0 Å². The Bertz CT molecular complexity index is 270. The number of likely N-dealkylation sites (N-methyl/N-ethyl adjacent to an activating group) is 1. The van der Waals surface area contributed by atoms with Gasteiger partial charge >= 0.3 is 0 Å². The Morgan fingerprint density at radius 2 is 1.76 bits per heavy atom. The van der Waals surface area contributed by atoms with Crippen LogP contribution in [0.4, 0.5) is 0 Å². The van der Waals surface area contributed by atoms with Gasteiger partial charge in [-0.05, 0) is 49.5 Å². The molecule has 1 heteroatoms. The standard InChI is InChI=1S/C16H32N/c1-13-10-15(12-16(3,4)11-13)9-8-14(2)17(5,6)7/h8-9,13-15H,10-12H2,1-7H3/q+1/b9-8+. The van der Waals surface area contributed by atoms with Gasteiger partial charge in [-0.3, -0.25) is 0 Å². The molecule has 0 aromatic heterocycles. The van der Waals surface area contributed by atoms with Gasteiger partial charge in [-0.25, -0.2) is 0 Å². The van der Waals surface area contributed by atoms with E-state index in [1.54, 1.807) is 0 Å². The van der Waals surface area contributed by atoms with Crippen LogP contribution in [0.1, 0.15) is 47.0 Å². The molecule has 1 rings (SSSR count). The smallest absolute Gasteiger partial charge is 0.104 e. The zero-order chi connectivity index (χ0) is 13.3. The summed E-state index contributed by atoms with van der Waals surface area (Å²) in [6, 6.07) is 0.607. The van der Waals surface area contributed by atoms with Gasteiger partial charge in [0.25, 0.3) is 0 Å². The SMILES string of the molecule is CC1CC(/C=C/C(C)[N+](C)(C)C)CC(C)(C)C1. The lowest BCUT2D eigenvalue weighted by atomic mass is 9.68. The van der Waals surface area contributed by atoms with E-state index in [9.17, 15) is 0 Å². The highest BCUT2D eigenvalue weighted by Crippen LogP contribution is 2.42. The Morgan fingerprint density at radius 3 is 2.24 bits per heavy atom. The minimum Gasteiger partial charge on any atom is -0.325 e. The Balaban J connectivity index is 2.60. The van der Waals surface area contributed by atoms with E-state index in [1.807, 2.05) is 0 Å². The summed E-state index contributed by atoms with van der Waals surface area (Å²) < 4.78 is 1.02. The van der Waals surface area contributed by atoms with Gasteiger partial charge in [-0.2, -0.15) is 0 Å². The van der Waals surface area contributed by atoms with Crippen molar-refractivity contribution >= 4 is 0 Å². The summed E-state index contributed by atoms with van der Waals surface area (Å²) in [6.07, 6.45) is 9.05. The summed E-state index contributed by atoms with van der Waals surface area (Å²) >= 11 is 0. The molecule has 0 aliphatic heterocycles. The Hall–Kier alpha value is -0.300. The molecule has 1 nitrogen and oxygen atoms in total. The van der Waals surface area contributed by atoms with E-state index in [1.165, 1.54) is 19.3 Å². The van der Waals surface area contributed by atoms with Crippen molar-refractivity contribution in [1.82, 2.24) is 0 Å². The normalized spacial score (nSPS) is 31.7. The van der Waals surface area contributed by atoms with Gasteiger partial charge in [0, 0.05) is 0 Å². The quantitative estimate of drug-likeness (QED) is 0.513. The van der Waals surface area contributed by atoms with E-state index in [-0.39, 0.29) is 0 Å². The Morgan fingerprint density at radius 1 is 1.18 bits per heavy atom. The predicted octanol–water partition coefficient (Wildman–Crippen LogP) is 4.10. The molecule has 0 amide bonds. The van der Waals surface area contributed by atoms with Crippen LogP contribution in [0.3, 0.4) is 0 Å². The fourth-order valence-corrected chi connectivity index (χ4v) is 3.14. The van der Waals surface area contributed by atoms with Crippen LogP contribution in [0.15, 0.2) is 12.2 Å². The van der Waals surface area contributed by atoms with Crippen LogP contribution in [-0.4, -0.2) is 31.7 Å². The molecule has 0 N–H and O–H groups in total. The number of hydrogen-bond donors (Lipinski definition) is 0. The molecule has 0 bridgehead atoms. The maximum atomic E-state index is 2.49. The summed E-state index contributed by atoms with van der Waals surface area (Å²) in [5, 5.41) is 0. The first-order chi connectivity index (χ1) is 7.60. The highest BCUT2D eigenvalue weighted by atomic mass is 15.3. The van der Waals surface area contributed by atoms with Crippen molar-refractivity contribution in [2.75, 3.05) is 21.1 Å². The summed E-state index contributed by atoms with van der Waals surface area (Å²) in [4.78, 5) is 0. The summed E-state index contributed by atoms with van der Waals surface area (Å²) in [5.41, 5.74) is 0.534. The molecule has 100 valence electrons. The van der Waals surface area contributed by atoms with Crippen molar-refractivity contribution in [2.45, 2.75) is 53.0 Å². The van der Waals surface area contributed by atoms with E-state index in [4.69, 9.17) is 0 Å². The highest BCUT2D eigenvalue weighted by Gasteiger charge is 2.30. The number of rotatable bonds is 3. The second-order valence-corrected chi connectivity index (χ2v) is 7.92. The van der Waals surface area contributed by atoms with E-state index < -0.39 is 0 Å². The van der Waals surface area contributed by atoms with Crippen LogP contribution >= 0.6 is 0 Å². The molecule has 0 spiro atoms. The second kappa shape index (κ2) is 5.14. The molecule has 0 aromatic carbocycles. The summed E-state index contributed by atoms with van der Waals surface area (Å²) in [5.74, 6) is 1.68. The summed E-state index contributed by atoms with van der Waals surface area (Å²) in [7, 11) is 6.80. The lowest BCUT2D eigenvalue weighted by molar-refractivity contribution is -0.887. The van der Waals surface area contributed by atoms with Gasteiger partial charge in [0.1, 0.15) is 6.04 Å². The molecule has 0 aromatic rings. The lowest BCUT2D eigenvalue weighted by Gasteiger charge is -2.38. The molecule has 3 unspecified atom stereocenters. The van der Waals surface area contributed by atoms with Gasteiger partial charge in [-0.15, -0.1) is 0 Å². The third-order valence-corrected chi connectivity index (χ3v) is 4.30. The number of allylic oxidation sites excluding steroid dienone is 1. The zero-order valence-corrected chi connectivity index (χ0v) is 13.0. The van der Waals surface area contributed by atoms with Crippen molar-refractivity contribution in [3.05, 3.63) is 12.2 Å². The van der Waals surface area contributed by atoms with E-state index in [2.05, 4.69) is 61.0 Å². The number of hydrogen-bond acceptors (Lipinski definition) is 0. The Kier molecular flexibility index (Phi) is 4.46. The molecular weight excluding hydrogens is 206 g/mol. The van der Waals surface area contributed by atoms with Gasteiger partial charge in [0.2, 0.25) is 0 Å². The van der Waals surface area contributed by atoms with Crippen molar-refractivity contribution in [3.8, 4) is 0 Å². The minimum atomic E-state index is 0.534.